The van der Waals surface area contributed by atoms with Crippen molar-refractivity contribution >= 4 is 17.7 Å². The van der Waals surface area contributed by atoms with Crippen LogP contribution in [0.5, 0.6) is 0 Å². The highest BCUT2D eigenvalue weighted by Gasteiger charge is 2.30. The van der Waals surface area contributed by atoms with Crippen molar-refractivity contribution in [3.8, 4) is 0 Å². The molecule has 0 unspecified atom stereocenters. The van der Waals surface area contributed by atoms with E-state index in [-0.39, 0.29) is 5.92 Å². The lowest BCUT2D eigenvalue weighted by Crippen LogP contribution is -2.33. The van der Waals surface area contributed by atoms with Crippen molar-refractivity contribution in [3.05, 3.63) is 34.9 Å². The summed E-state index contributed by atoms with van der Waals surface area (Å²) in [6.07, 6.45) is -1.73. The maximum atomic E-state index is 11.0. The van der Waals surface area contributed by atoms with Gasteiger partial charge in [-0.25, -0.2) is 4.79 Å². The molecule has 2 N–H and O–H groups in total. The van der Waals surface area contributed by atoms with Gasteiger partial charge < -0.3 is 15.2 Å². The summed E-state index contributed by atoms with van der Waals surface area (Å²) in [4.78, 5) is 11.0. The second-order valence-corrected chi connectivity index (χ2v) is 4.73. The molecular formula is C13H18ClNO3. The van der Waals surface area contributed by atoms with E-state index in [1.54, 1.807) is 13.2 Å². The van der Waals surface area contributed by atoms with Crippen LogP contribution < -0.4 is 5.73 Å². The number of hydrogen-bond donors (Lipinski definition) is 1. The number of ether oxygens (including phenoxy) is 2. The fraction of sp³-hybridized carbons (Fsp3) is 0.462. The van der Waals surface area contributed by atoms with Crippen molar-refractivity contribution in [2.45, 2.75) is 26.1 Å². The Kier molecular flexibility index (Phi) is 5.44. The summed E-state index contributed by atoms with van der Waals surface area (Å²) in [5, 5.41) is 0.572. The highest BCUT2D eigenvalue weighted by molar-refractivity contribution is 6.31. The minimum Gasteiger partial charge on any atom is -0.443 e. The van der Waals surface area contributed by atoms with Gasteiger partial charge in [0.25, 0.3) is 0 Å². The predicted octanol–water partition coefficient (Wildman–Crippen LogP) is 3.15. The molecule has 100 valence electrons. The van der Waals surface area contributed by atoms with Gasteiger partial charge in [0.05, 0.1) is 0 Å². The first kappa shape index (κ1) is 14.8. The summed E-state index contributed by atoms with van der Waals surface area (Å²) in [6, 6.07) is 7.30. The van der Waals surface area contributed by atoms with E-state index < -0.39 is 18.3 Å². The molecule has 0 aromatic heterocycles. The topological polar surface area (TPSA) is 61.6 Å². The Morgan fingerprint density at radius 3 is 2.39 bits per heavy atom. The van der Waals surface area contributed by atoms with Crippen LogP contribution in [-0.2, 0) is 9.47 Å². The van der Waals surface area contributed by atoms with Crippen molar-refractivity contribution in [3.63, 3.8) is 0 Å². The second kappa shape index (κ2) is 6.61. The van der Waals surface area contributed by atoms with Crippen molar-refractivity contribution in [1.29, 1.82) is 0 Å². The number of nitrogens with two attached hydrogens (primary N) is 1. The van der Waals surface area contributed by atoms with Gasteiger partial charge in [-0.1, -0.05) is 43.6 Å². The summed E-state index contributed by atoms with van der Waals surface area (Å²) in [5.74, 6) is 0.0544. The molecule has 0 aliphatic heterocycles. The van der Waals surface area contributed by atoms with Crippen LogP contribution in [0.4, 0.5) is 4.79 Å². The van der Waals surface area contributed by atoms with E-state index in [0.717, 1.165) is 5.56 Å². The van der Waals surface area contributed by atoms with Crippen molar-refractivity contribution in [2.75, 3.05) is 7.11 Å². The van der Waals surface area contributed by atoms with Crippen LogP contribution >= 0.6 is 11.6 Å². The molecule has 1 amide bonds. The highest BCUT2D eigenvalue weighted by atomic mass is 35.5. The Labute approximate surface area is 112 Å². The number of carbonyl (C=O) groups excluding carboxylic acids is 1. The molecule has 18 heavy (non-hydrogen) atoms. The molecule has 0 aliphatic rings. The summed E-state index contributed by atoms with van der Waals surface area (Å²) < 4.78 is 10.6. The lowest BCUT2D eigenvalue weighted by atomic mass is 9.95. The maximum Gasteiger partial charge on any atom is 0.404 e. The number of rotatable bonds is 5. The van der Waals surface area contributed by atoms with Gasteiger partial charge in [-0.3, -0.25) is 0 Å². The Morgan fingerprint density at radius 1 is 1.33 bits per heavy atom. The van der Waals surface area contributed by atoms with E-state index in [1.807, 2.05) is 32.0 Å². The molecule has 2 atom stereocenters. The molecule has 1 aromatic rings. The summed E-state index contributed by atoms with van der Waals surface area (Å²) >= 11 is 6.13. The molecular weight excluding hydrogens is 254 g/mol. The van der Waals surface area contributed by atoms with E-state index in [2.05, 4.69) is 0 Å². The van der Waals surface area contributed by atoms with Crippen LogP contribution in [0.25, 0.3) is 0 Å². The average molecular weight is 272 g/mol. The molecule has 4 nitrogen and oxygen atoms in total. The molecule has 5 heteroatoms. The third-order valence-electron chi connectivity index (χ3n) is 2.67. The van der Waals surface area contributed by atoms with Crippen LogP contribution in [0.2, 0.25) is 5.02 Å². The highest BCUT2D eigenvalue weighted by Crippen LogP contribution is 2.32. The van der Waals surface area contributed by atoms with Gasteiger partial charge in [-0.2, -0.15) is 0 Å². The van der Waals surface area contributed by atoms with Crippen LogP contribution in [-0.4, -0.2) is 19.3 Å². The van der Waals surface area contributed by atoms with E-state index in [1.165, 1.54) is 0 Å². The predicted molar refractivity (Wildman–Crippen MR) is 70.5 cm³/mol. The Hall–Kier alpha value is -1.26. The van der Waals surface area contributed by atoms with Gasteiger partial charge in [0.2, 0.25) is 0 Å². The maximum absolute atomic E-state index is 11.0. The normalized spacial score (nSPS) is 14.3. The molecule has 0 heterocycles. The average Bonchev–Trinajstić information content (AvgIpc) is 2.30. The largest absolute Gasteiger partial charge is 0.443 e. The molecule has 0 fully saturated rings. The van der Waals surface area contributed by atoms with Gasteiger partial charge in [0, 0.05) is 17.7 Å². The first-order chi connectivity index (χ1) is 8.47. The number of methoxy groups -OCH3 is 1. The summed E-state index contributed by atoms with van der Waals surface area (Å²) in [5.41, 5.74) is 5.87. The van der Waals surface area contributed by atoms with Gasteiger partial charge in [-0.15, -0.1) is 0 Å². The Balaban J connectivity index is 3.06. The fourth-order valence-electron chi connectivity index (χ4n) is 1.83. The smallest absolute Gasteiger partial charge is 0.404 e. The monoisotopic (exact) mass is 271 g/mol. The minimum atomic E-state index is -0.817. The SMILES string of the molecule is CO[C@@H](c1ccccc1Cl)[C@@H](OC(N)=O)C(C)C. The quantitative estimate of drug-likeness (QED) is 0.895. The van der Waals surface area contributed by atoms with E-state index in [0.29, 0.717) is 5.02 Å². The summed E-state index contributed by atoms with van der Waals surface area (Å²) in [6.45, 7) is 3.85. The van der Waals surface area contributed by atoms with Gasteiger partial charge >= 0.3 is 6.09 Å². The second-order valence-electron chi connectivity index (χ2n) is 4.32. The molecule has 0 bridgehead atoms. The third kappa shape index (κ3) is 3.62. The zero-order chi connectivity index (χ0) is 13.7. The first-order valence-corrected chi connectivity index (χ1v) is 6.08. The number of halogens is 1. The fourth-order valence-corrected chi connectivity index (χ4v) is 2.07. The van der Waals surface area contributed by atoms with E-state index in [4.69, 9.17) is 26.8 Å². The number of carbonyl (C=O) groups is 1. The summed E-state index contributed by atoms with van der Waals surface area (Å²) in [7, 11) is 1.55. The van der Waals surface area contributed by atoms with Gasteiger partial charge in [-0.05, 0) is 12.0 Å². The molecule has 0 saturated carbocycles. The number of hydrogen-bond acceptors (Lipinski definition) is 3. The van der Waals surface area contributed by atoms with Crippen LogP contribution in [0, 0.1) is 5.92 Å². The molecule has 0 spiro atoms. The van der Waals surface area contributed by atoms with Crippen LogP contribution in [0.15, 0.2) is 24.3 Å². The molecule has 1 aromatic carbocycles. The number of primary amides is 1. The first-order valence-electron chi connectivity index (χ1n) is 5.70. The third-order valence-corrected chi connectivity index (χ3v) is 3.02. The van der Waals surface area contributed by atoms with E-state index in [9.17, 15) is 4.79 Å². The molecule has 0 aliphatic carbocycles. The van der Waals surface area contributed by atoms with Crippen LogP contribution in [0.1, 0.15) is 25.5 Å². The lowest BCUT2D eigenvalue weighted by molar-refractivity contribution is -0.0423. The Morgan fingerprint density at radius 2 is 1.94 bits per heavy atom. The standard InChI is InChI=1S/C13H18ClNO3/c1-8(2)11(18-13(15)16)12(17-3)9-6-4-5-7-10(9)14/h4-8,11-12H,1-3H3,(H2,15,16)/t11-,12-/m0/s1. The lowest BCUT2D eigenvalue weighted by Gasteiger charge is -2.29. The zero-order valence-corrected chi connectivity index (χ0v) is 11.5. The molecule has 0 saturated heterocycles. The van der Waals surface area contributed by atoms with Crippen LogP contribution in [0.3, 0.4) is 0 Å². The van der Waals surface area contributed by atoms with Gasteiger partial charge in [0.1, 0.15) is 12.2 Å². The molecule has 0 radical (unpaired) electrons. The van der Waals surface area contributed by atoms with Crippen molar-refractivity contribution < 1.29 is 14.3 Å². The van der Waals surface area contributed by atoms with Gasteiger partial charge in [0.15, 0.2) is 0 Å². The van der Waals surface area contributed by atoms with E-state index >= 15 is 0 Å². The zero-order valence-electron chi connectivity index (χ0n) is 10.7. The Bertz CT molecular complexity index is 409. The van der Waals surface area contributed by atoms with Crippen molar-refractivity contribution in [2.24, 2.45) is 11.7 Å². The number of benzene rings is 1. The number of amides is 1. The molecule has 1 rings (SSSR count). The van der Waals surface area contributed by atoms with Crippen molar-refractivity contribution in [1.82, 2.24) is 0 Å². The minimum absolute atomic E-state index is 0.0544.